The molecular weight excluding hydrogens is 275 g/mol. The molecule has 1 fully saturated rings. The van der Waals surface area contributed by atoms with Crippen LogP contribution in [0, 0.1) is 11.2 Å². The van der Waals surface area contributed by atoms with Crippen molar-refractivity contribution >= 4 is 17.6 Å². The average Bonchev–Trinajstić information content (AvgIpc) is 2.46. The van der Waals surface area contributed by atoms with E-state index in [1.807, 2.05) is 6.92 Å². The fraction of sp³-hybridized carbons (Fsp3) is 0.467. The zero-order valence-electron chi connectivity index (χ0n) is 11.9. The number of nitrogens with two attached hydrogens (primary N) is 1. The number of halogens is 1. The van der Waals surface area contributed by atoms with Crippen LogP contribution >= 0.6 is 0 Å². The Hall–Kier alpha value is -2.11. The molecule has 3 N–H and O–H groups in total. The number of carbonyl (C=O) groups is 2. The summed E-state index contributed by atoms with van der Waals surface area (Å²) in [4.78, 5) is 24.3. The molecule has 1 heterocycles. The summed E-state index contributed by atoms with van der Waals surface area (Å²) in [5, 5.41) is 9.46. The monoisotopic (exact) mass is 294 g/mol. The van der Waals surface area contributed by atoms with E-state index >= 15 is 0 Å². The maximum Gasteiger partial charge on any atom is 0.311 e. The van der Waals surface area contributed by atoms with Crippen LogP contribution in [0.15, 0.2) is 18.2 Å². The summed E-state index contributed by atoms with van der Waals surface area (Å²) < 4.78 is 14.2. The lowest BCUT2D eigenvalue weighted by atomic mass is 9.77. The SMILES string of the molecule is CCC1(C(=O)O)CCCN(c2ccc(C(N)=O)cc2F)C1. The minimum atomic E-state index is -0.844. The normalized spacial score (nSPS) is 22.1. The van der Waals surface area contributed by atoms with Gasteiger partial charge in [0.25, 0.3) is 0 Å². The molecule has 21 heavy (non-hydrogen) atoms. The van der Waals surface area contributed by atoms with E-state index in [1.165, 1.54) is 12.1 Å². The molecule has 1 atom stereocenters. The Morgan fingerprint density at radius 2 is 2.19 bits per heavy atom. The average molecular weight is 294 g/mol. The van der Waals surface area contributed by atoms with E-state index in [0.717, 1.165) is 6.07 Å². The molecule has 0 bridgehead atoms. The third-order valence-corrected chi connectivity index (χ3v) is 4.28. The largest absolute Gasteiger partial charge is 0.481 e. The van der Waals surface area contributed by atoms with Crippen LogP contribution in [0.3, 0.4) is 0 Å². The molecule has 1 unspecified atom stereocenters. The molecule has 1 aliphatic heterocycles. The molecule has 1 amide bonds. The Morgan fingerprint density at radius 3 is 2.71 bits per heavy atom. The number of anilines is 1. The summed E-state index contributed by atoms with van der Waals surface area (Å²) in [6.07, 6.45) is 1.79. The molecule has 0 saturated carbocycles. The van der Waals surface area contributed by atoms with Gasteiger partial charge in [-0.1, -0.05) is 6.92 Å². The van der Waals surface area contributed by atoms with Crippen LogP contribution in [0.1, 0.15) is 36.5 Å². The number of primary amides is 1. The summed E-state index contributed by atoms with van der Waals surface area (Å²) in [5.41, 5.74) is 4.70. The molecule has 0 aliphatic carbocycles. The maximum absolute atomic E-state index is 14.2. The highest BCUT2D eigenvalue weighted by Crippen LogP contribution is 2.36. The second kappa shape index (κ2) is 5.71. The zero-order valence-corrected chi connectivity index (χ0v) is 11.9. The van der Waals surface area contributed by atoms with Crippen LogP contribution < -0.4 is 10.6 Å². The first kappa shape index (κ1) is 15.3. The number of rotatable bonds is 4. The highest BCUT2D eigenvalue weighted by Gasteiger charge is 2.41. The summed E-state index contributed by atoms with van der Waals surface area (Å²) in [5.74, 6) is -2.08. The van der Waals surface area contributed by atoms with Crippen LogP contribution in [-0.4, -0.2) is 30.1 Å². The number of carboxylic acids is 1. The minimum absolute atomic E-state index is 0.105. The van der Waals surface area contributed by atoms with E-state index in [4.69, 9.17) is 5.73 Å². The number of carbonyl (C=O) groups excluding carboxylic acids is 1. The van der Waals surface area contributed by atoms with E-state index < -0.39 is 23.1 Å². The smallest absolute Gasteiger partial charge is 0.311 e. The lowest BCUT2D eigenvalue weighted by molar-refractivity contribution is -0.149. The molecule has 114 valence electrons. The minimum Gasteiger partial charge on any atom is -0.481 e. The first-order valence-electron chi connectivity index (χ1n) is 6.97. The Labute approximate surface area is 122 Å². The van der Waals surface area contributed by atoms with Gasteiger partial charge in [0.1, 0.15) is 5.82 Å². The Morgan fingerprint density at radius 1 is 1.48 bits per heavy atom. The number of amides is 1. The van der Waals surface area contributed by atoms with Crippen molar-refractivity contribution in [2.45, 2.75) is 26.2 Å². The summed E-state index contributed by atoms with van der Waals surface area (Å²) in [7, 11) is 0. The van der Waals surface area contributed by atoms with E-state index in [1.54, 1.807) is 4.90 Å². The summed E-state index contributed by atoms with van der Waals surface area (Å²) in [6, 6.07) is 4.05. The standard InChI is InChI=1S/C15H19FN2O3/c1-2-15(14(20)21)6-3-7-18(9-15)12-5-4-10(13(17)19)8-11(12)16/h4-5,8H,2-3,6-7,9H2,1H3,(H2,17,19)(H,20,21). The van der Waals surface area contributed by atoms with Crippen LogP contribution in [0.4, 0.5) is 10.1 Å². The van der Waals surface area contributed by atoms with Crippen LogP contribution in [0.25, 0.3) is 0 Å². The van der Waals surface area contributed by atoms with Crippen molar-refractivity contribution in [3.05, 3.63) is 29.6 Å². The molecule has 6 heteroatoms. The van der Waals surface area contributed by atoms with Crippen molar-refractivity contribution in [2.24, 2.45) is 11.1 Å². The first-order chi connectivity index (χ1) is 9.89. The number of nitrogens with zero attached hydrogens (tertiary/aromatic N) is 1. The highest BCUT2D eigenvalue weighted by atomic mass is 19.1. The van der Waals surface area contributed by atoms with E-state index in [0.29, 0.717) is 31.5 Å². The second-order valence-corrected chi connectivity index (χ2v) is 5.49. The van der Waals surface area contributed by atoms with Gasteiger partial charge in [-0.25, -0.2) is 4.39 Å². The van der Waals surface area contributed by atoms with E-state index in [2.05, 4.69) is 0 Å². The Kier molecular flexibility index (Phi) is 4.16. The number of hydrogen-bond donors (Lipinski definition) is 2. The molecule has 0 radical (unpaired) electrons. The number of carboxylic acid groups (broad SMARTS) is 1. The van der Waals surface area contributed by atoms with Crippen molar-refractivity contribution in [3.8, 4) is 0 Å². The summed E-state index contributed by atoms with van der Waals surface area (Å²) in [6.45, 7) is 2.71. The lowest BCUT2D eigenvalue weighted by Crippen LogP contribution is -2.47. The van der Waals surface area contributed by atoms with E-state index in [-0.39, 0.29) is 12.1 Å². The van der Waals surface area contributed by atoms with Gasteiger partial charge in [0.2, 0.25) is 5.91 Å². The fourth-order valence-electron chi connectivity index (χ4n) is 2.87. The molecule has 1 saturated heterocycles. The quantitative estimate of drug-likeness (QED) is 0.889. The Bertz CT molecular complexity index is 576. The molecule has 5 nitrogen and oxygen atoms in total. The van der Waals surface area contributed by atoms with Gasteiger partial charge in [-0.3, -0.25) is 9.59 Å². The lowest BCUT2D eigenvalue weighted by Gasteiger charge is -2.40. The highest BCUT2D eigenvalue weighted by molar-refractivity contribution is 5.93. The first-order valence-corrected chi connectivity index (χ1v) is 6.97. The predicted octanol–water partition coefficient (Wildman–Crippen LogP) is 2.01. The van der Waals surface area contributed by atoms with Gasteiger partial charge in [-0.15, -0.1) is 0 Å². The van der Waals surface area contributed by atoms with E-state index in [9.17, 15) is 19.1 Å². The predicted molar refractivity (Wildman–Crippen MR) is 76.7 cm³/mol. The molecule has 1 aliphatic rings. The summed E-state index contributed by atoms with van der Waals surface area (Å²) >= 11 is 0. The molecule has 2 rings (SSSR count). The van der Waals surface area contributed by atoms with Gasteiger partial charge in [-0.05, 0) is 37.5 Å². The van der Waals surface area contributed by atoms with Gasteiger partial charge < -0.3 is 15.7 Å². The van der Waals surface area contributed by atoms with Gasteiger partial charge in [0.15, 0.2) is 0 Å². The number of piperidine rings is 1. The van der Waals surface area contributed by atoms with Crippen molar-refractivity contribution in [1.82, 2.24) is 0 Å². The van der Waals surface area contributed by atoms with Crippen molar-refractivity contribution in [1.29, 1.82) is 0 Å². The molecule has 1 aromatic carbocycles. The number of aliphatic carboxylic acids is 1. The maximum atomic E-state index is 14.2. The van der Waals surface area contributed by atoms with Gasteiger partial charge in [0.05, 0.1) is 11.1 Å². The topological polar surface area (TPSA) is 83.6 Å². The van der Waals surface area contributed by atoms with Crippen molar-refractivity contribution < 1.29 is 19.1 Å². The third kappa shape index (κ3) is 2.84. The fourth-order valence-corrected chi connectivity index (χ4v) is 2.87. The van der Waals surface area contributed by atoms with Crippen molar-refractivity contribution in [3.63, 3.8) is 0 Å². The molecular formula is C15H19FN2O3. The second-order valence-electron chi connectivity index (χ2n) is 5.49. The molecule has 0 aromatic heterocycles. The van der Waals surface area contributed by atoms with Crippen LogP contribution in [-0.2, 0) is 4.79 Å². The third-order valence-electron chi connectivity index (χ3n) is 4.28. The molecule has 1 aromatic rings. The van der Waals surface area contributed by atoms with Crippen molar-refractivity contribution in [2.75, 3.05) is 18.0 Å². The van der Waals surface area contributed by atoms with Gasteiger partial charge in [0, 0.05) is 18.7 Å². The van der Waals surface area contributed by atoms with Gasteiger partial charge >= 0.3 is 5.97 Å². The molecule has 0 spiro atoms. The van der Waals surface area contributed by atoms with Gasteiger partial charge in [-0.2, -0.15) is 0 Å². The number of benzene rings is 1. The number of hydrogen-bond acceptors (Lipinski definition) is 3. The Balaban J connectivity index is 2.30. The zero-order chi connectivity index (χ0) is 15.6. The van der Waals surface area contributed by atoms with Crippen LogP contribution in [0.5, 0.6) is 0 Å². The van der Waals surface area contributed by atoms with Crippen LogP contribution in [0.2, 0.25) is 0 Å².